The van der Waals surface area contributed by atoms with Gasteiger partial charge in [-0.15, -0.1) is 0 Å². The lowest BCUT2D eigenvalue weighted by molar-refractivity contribution is 0.0331. The smallest absolute Gasteiger partial charge is 0.0488 e. The van der Waals surface area contributed by atoms with E-state index in [4.69, 9.17) is 0 Å². The molecule has 0 amide bonds. The molecule has 0 aromatic rings. The van der Waals surface area contributed by atoms with E-state index in [1.165, 1.54) is 25.7 Å². The molecule has 1 heterocycles. The lowest BCUT2D eigenvalue weighted by Crippen LogP contribution is -2.41. The maximum Gasteiger partial charge on any atom is 0.0488 e. The minimum Gasteiger partial charge on any atom is -0.396 e. The summed E-state index contributed by atoms with van der Waals surface area (Å²) in [5.41, 5.74) is 0.238. The molecule has 2 heteroatoms. The van der Waals surface area contributed by atoms with E-state index in [9.17, 15) is 5.11 Å². The summed E-state index contributed by atoms with van der Waals surface area (Å²) in [6.07, 6.45) is 4.78. The maximum atomic E-state index is 9.55. The number of hydrogen-bond acceptors (Lipinski definition) is 2. The van der Waals surface area contributed by atoms with Gasteiger partial charge in [-0.3, -0.25) is 0 Å². The van der Waals surface area contributed by atoms with E-state index in [0.29, 0.717) is 6.61 Å². The van der Waals surface area contributed by atoms with Gasteiger partial charge in [0.2, 0.25) is 0 Å². The van der Waals surface area contributed by atoms with Crippen molar-refractivity contribution in [3.05, 3.63) is 0 Å². The van der Waals surface area contributed by atoms with Gasteiger partial charge in [-0.1, -0.05) is 20.3 Å². The number of piperidine rings is 1. The number of nitrogens with zero attached hydrogens (tertiary/aromatic N) is 1. The molecule has 0 aliphatic carbocycles. The summed E-state index contributed by atoms with van der Waals surface area (Å²) >= 11 is 0. The molecule has 1 fully saturated rings. The van der Waals surface area contributed by atoms with E-state index >= 15 is 0 Å². The number of aliphatic hydroxyl groups is 1. The largest absolute Gasteiger partial charge is 0.396 e. The van der Waals surface area contributed by atoms with Crippen LogP contribution in [0.5, 0.6) is 0 Å². The molecule has 0 aromatic carbocycles. The van der Waals surface area contributed by atoms with Crippen molar-refractivity contribution in [3.8, 4) is 0 Å². The first-order valence-electron chi connectivity index (χ1n) is 5.91. The first kappa shape index (κ1) is 12.0. The summed E-state index contributed by atoms with van der Waals surface area (Å²) in [6.45, 7) is 7.22. The average Bonchev–Trinajstić information content (AvgIpc) is 2.22. The predicted molar refractivity (Wildman–Crippen MR) is 60.3 cm³/mol. The van der Waals surface area contributed by atoms with Crippen LogP contribution in [-0.2, 0) is 0 Å². The monoisotopic (exact) mass is 199 g/mol. The van der Waals surface area contributed by atoms with Gasteiger partial charge in [0, 0.05) is 6.61 Å². The molecular weight excluding hydrogens is 174 g/mol. The van der Waals surface area contributed by atoms with Gasteiger partial charge < -0.3 is 10.0 Å². The molecule has 0 saturated carbocycles. The van der Waals surface area contributed by atoms with Gasteiger partial charge in [0.25, 0.3) is 0 Å². The highest BCUT2D eigenvalue weighted by Crippen LogP contribution is 2.37. The third-order valence-corrected chi connectivity index (χ3v) is 3.86. The fraction of sp³-hybridized carbons (Fsp3) is 1.00. The van der Waals surface area contributed by atoms with Gasteiger partial charge in [-0.05, 0) is 50.7 Å². The van der Waals surface area contributed by atoms with Crippen molar-refractivity contribution in [2.75, 3.05) is 26.7 Å². The molecule has 2 nitrogen and oxygen atoms in total. The van der Waals surface area contributed by atoms with Crippen LogP contribution in [0, 0.1) is 11.3 Å². The van der Waals surface area contributed by atoms with E-state index in [1.807, 2.05) is 0 Å². The maximum absolute atomic E-state index is 9.55. The van der Waals surface area contributed by atoms with Crippen molar-refractivity contribution in [3.63, 3.8) is 0 Å². The van der Waals surface area contributed by atoms with E-state index in [2.05, 4.69) is 25.8 Å². The highest BCUT2D eigenvalue weighted by molar-refractivity contribution is 4.85. The molecule has 0 radical (unpaired) electrons. The van der Waals surface area contributed by atoms with Crippen LogP contribution in [0.2, 0.25) is 0 Å². The molecule has 14 heavy (non-hydrogen) atoms. The molecular formula is C12H25NO. The molecule has 1 unspecified atom stereocenters. The minimum atomic E-state index is 0.238. The molecule has 0 aromatic heterocycles. The quantitative estimate of drug-likeness (QED) is 0.749. The standard InChI is InChI=1S/C12H25NO/c1-4-11(2)9-12(10-14)5-7-13(3)8-6-12/h11,14H,4-10H2,1-3H3. The molecule has 1 atom stereocenters. The summed E-state index contributed by atoms with van der Waals surface area (Å²) in [4.78, 5) is 2.37. The molecule has 0 bridgehead atoms. The van der Waals surface area contributed by atoms with Crippen LogP contribution in [-0.4, -0.2) is 36.8 Å². The van der Waals surface area contributed by atoms with Crippen LogP contribution in [0.1, 0.15) is 39.5 Å². The van der Waals surface area contributed by atoms with E-state index in [1.54, 1.807) is 0 Å². The van der Waals surface area contributed by atoms with Crippen LogP contribution >= 0.6 is 0 Å². The zero-order chi connectivity index (χ0) is 10.6. The van der Waals surface area contributed by atoms with Gasteiger partial charge in [0.15, 0.2) is 0 Å². The summed E-state index contributed by atoms with van der Waals surface area (Å²) in [5, 5.41) is 9.55. The molecule has 1 saturated heterocycles. The Morgan fingerprint density at radius 3 is 2.36 bits per heavy atom. The average molecular weight is 199 g/mol. The third kappa shape index (κ3) is 2.96. The molecule has 1 N–H and O–H groups in total. The normalized spacial score (nSPS) is 24.9. The van der Waals surface area contributed by atoms with Gasteiger partial charge >= 0.3 is 0 Å². The Morgan fingerprint density at radius 1 is 1.36 bits per heavy atom. The number of rotatable bonds is 4. The van der Waals surface area contributed by atoms with E-state index in [-0.39, 0.29) is 5.41 Å². The fourth-order valence-electron chi connectivity index (χ4n) is 2.40. The second kappa shape index (κ2) is 5.13. The van der Waals surface area contributed by atoms with Gasteiger partial charge in [0.1, 0.15) is 0 Å². The SMILES string of the molecule is CCC(C)CC1(CO)CCN(C)CC1. The lowest BCUT2D eigenvalue weighted by Gasteiger charge is -2.41. The van der Waals surface area contributed by atoms with Crippen molar-refractivity contribution in [1.29, 1.82) is 0 Å². The Hall–Kier alpha value is -0.0800. The highest BCUT2D eigenvalue weighted by atomic mass is 16.3. The Morgan fingerprint density at radius 2 is 1.93 bits per heavy atom. The summed E-state index contributed by atoms with van der Waals surface area (Å²) in [5.74, 6) is 0.755. The first-order chi connectivity index (χ1) is 6.62. The molecule has 1 aliphatic heterocycles. The predicted octanol–water partition coefficient (Wildman–Crippen LogP) is 2.13. The van der Waals surface area contributed by atoms with Crippen molar-refractivity contribution >= 4 is 0 Å². The van der Waals surface area contributed by atoms with Crippen molar-refractivity contribution in [2.45, 2.75) is 39.5 Å². The van der Waals surface area contributed by atoms with Crippen LogP contribution in [0.3, 0.4) is 0 Å². The number of likely N-dealkylation sites (tertiary alicyclic amines) is 1. The van der Waals surface area contributed by atoms with Gasteiger partial charge in [0.05, 0.1) is 0 Å². The summed E-state index contributed by atoms with van der Waals surface area (Å²) in [7, 11) is 2.17. The van der Waals surface area contributed by atoms with Crippen LogP contribution in [0.25, 0.3) is 0 Å². The van der Waals surface area contributed by atoms with Gasteiger partial charge in [-0.2, -0.15) is 0 Å². The highest BCUT2D eigenvalue weighted by Gasteiger charge is 2.33. The Bertz CT molecular complexity index is 162. The Kier molecular flexibility index (Phi) is 4.39. The zero-order valence-corrected chi connectivity index (χ0v) is 9.92. The molecule has 0 spiro atoms. The number of aliphatic hydroxyl groups excluding tert-OH is 1. The third-order valence-electron chi connectivity index (χ3n) is 3.86. The van der Waals surface area contributed by atoms with E-state index < -0.39 is 0 Å². The zero-order valence-electron chi connectivity index (χ0n) is 9.92. The second-order valence-corrected chi connectivity index (χ2v) is 5.18. The van der Waals surface area contributed by atoms with Crippen molar-refractivity contribution in [2.24, 2.45) is 11.3 Å². The van der Waals surface area contributed by atoms with Crippen LogP contribution in [0.15, 0.2) is 0 Å². The molecule has 1 rings (SSSR count). The number of hydrogen-bond donors (Lipinski definition) is 1. The molecule has 84 valence electrons. The summed E-state index contributed by atoms with van der Waals surface area (Å²) < 4.78 is 0. The van der Waals surface area contributed by atoms with Crippen LogP contribution in [0.4, 0.5) is 0 Å². The minimum absolute atomic E-state index is 0.238. The first-order valence-corrected chi connectivity index (χ1v) is 5.91. The Balaban J connectivity index is 2.49. The van der Waals surface area contributed by atoms with Gasteiger partial charge in [-0.25, -0.2) is 0 Å². The summed E-state index contributed by atoms with van der Waals surface area (Å²) in [6, 6.07) is 0. The van der Waals surface area contributed by atoms with Crippen LogP contribution < -0.4 is 0 Å². The Labute approximate surface area is 88.3 Å². The second-order valence-electron chi connectivity index (χ2n) is 5.18. The topological polar surface area (TPSA) is 23.5 Å². The van der Waals surface area contributed by atoms with Crippen molar-refractivity contribution in [1.82, 2.24) is 4.90 Å². The van der Waals surface area contributed by atoms with Crippen molar-refractivity contribution < 1.29 is 5.11 Å². The van der Waals surface area contributed by atoms with E-state index in [0.717, 1.165) is 19.0 Å². The molecule has 1 aliphatic rings. The lowest BCUT2D eigenvalue weighted by atomic mass is 9.72. The fourth-order valence-corrected chi connectivity index (χ4v) is 2.40.